The van der Waals surface area contributed by atoms with Gasteiger partial charge in [0.15, 0.2) is 0 Å². The fraction of sp³-hybridized carbons (Fsp3) is 0.519. The molecule has 2 aromatic rings. The highest BCUT2D eigenvalue weighted by Gasteiger charge is 2.28. The molecule has 0 spiro atoms. The van der Waals surface area contributed by atoms with Crippen LogP contribution in [0.25, 0.3) is 0 Å². The van der Waals surface area contributed by atoms with E-state index in [1.807, 2.05) is 39.2 Å². The van der Waals surface area contributed by atoms with E-state index < -0.39 is 0 Å². The number of aromatic nitrogens is 2. The molecule has 0 aliphatic carbocycles. The maximum atomic E-state index is 12.3. The third-order valence-electron chi connectivity index (χ3n) is 5.85. The smallest absolute Gasteiger partial charge is 0.316 e. The second-order valence-corrected chi connectivity index (χ2v) is 9.07. The molecule has 3 N–H and O–H groups in total. The number of amides is 1. The van der Waals surface area contributed by atoms with Gasteiger partial charge in [0.05, 0.1) is 48.2 Å². The standard InChI is InChI=1S/C27H40N6O3/c1-6-9-10-26(34)31-19-11-12-23(24(15-19)30-20-16-28-27(29-17-20)35-8-3)32-22-13-14-36-25(7-2)21(22)18-33(4)5/h11-12,15-18,22,25,30,32H,6-10,13-14H2,1-5H3,(H,31,34)/b21-18-/t22-,25-/m1/s1. The van der Waals surface area contributed by atoms with Gasteiger partial charge >= 0.3 is 6.01 Å². The minimum Gasteiger partial charge on any atom is -0.464 e. The summed E-state index contributed by atoms with van der Waals surface area (Å²) in [6.07, 6.45) is 9.72. The van der Waals surface area contributed by atoms with E-state index in [0.29, 0.717) is 25.6 Å². The van der Waals surface area contributed by atoms with Gasteiger partial charge < -0.3 is 30.3 Å². The van der Waals surface area contributed by atoms with Crippen LogP contribution >= 0.6 is 0 Å². The van der Waals surface area contributed by atoms with Crippen molar-refractivity contribution in [3.05, 3.63) is 42.4 Å². The van der Waals surface area contributed by atoms with Crippen LogP contribution in [0.4, 0.5) is 22.7 Å². The van der Waals surface area contributed by atoms with Crippen LogP contribution in [-0.2, 0) is 9.53 Å². The predicted octanol–water partition coefficient (Wildman–Crippen LogP) is 5.17. The Hall–Kier alpha value is -3.33. The quantitative estimate of drug-likeness (QED) is 0.370. The summed E-state index contributed by atoms with van der Waals surface area (Å²) in [6, 6.07) is 6.32. The predicted molar refractivity (Wildman–Crippen MR) is 145 cm³/mol. The minimum absolute atomic E-state index is 0.0133. The first-order chi connectivity index (χ1) is 17.4. The van der Waals surface area contributed by atoms with Gasteiger partial charge in [-0.3, -0.25) is 4.79 Å². The van der Waals surface area contributed by atoms with Gasteiger partial charge in [0.1, 0.15) is 0 Å². The topological polar surface area (TPSA) is 101 Å². The van der Waals surface area contributed by atoms with Crippen molar-refractivity contribution in [2.24, 2.45) is 0 Å². The molecule has 1 aromatic carbocycles. The molecular weight excluding hydrogens is 456 g/mol. The number of carbonyl (C=O) groups is 1. The Morgan fingerprint density at radius 3 is 2.61 bits per heavy atom. The average Bonchev–Trinajstić information content (AvgIpc) is 2.86. The molecule has 0 saturated carbocycles. The molecule has 1 aliphatic heterocycles. The molecule has 2 atom stereocenters. The number of ether oxygens (including phenoxy) is 2. The Bertz CT molecular complexity index is 1010. The van der Waals surface area contributed by atoms with Crippen molar-refractivity contribution in [1.82, 2.24) is 14.9 Å². The first-order valence-electron chi connectivity index (χ1n) is 12.8. The fourth-order valence-corrected chi connectivity index (χ4v) is 4.14. The maximum absolute atomic E-state index is 12.3. The highest BCUT2D eigenvalue weighted by Crippen LogP contribution is 2.33. The molecule has 196 valence electrons. The van der Waals surface area contributed by atoms with Crippen LogP contribution in [0.15, 0.2) is 42.4 Å². The number of benzene rings is 1. The van der Waals surface area contributed by atoms with Gasteiger partial charge in [-0.15, -0.1) is 0 Å². The monoisotopic (exact) mass is 496 g/mol. The summed E-state index contributed by atoms with van der Waals surface area (Å²) in [5.74, 6) is 0.0133. The molecule has 2 heterocycles. The van der Waals surface area contributed by atoms with Gasteiger partial charge in [0.2, 0.25) is 5.91 Å². The summed E-state index contributed by atoms with van der Waals surface area (Å²) in [5.41, 5.74) is 4.42. The molecule has 1 saturated heterocycles. The van der Waals surface area contributed by atoms with Crippen LogP contribution in [0.2, 0.25) is 0 Å². The number of anilines is 4. The van der Waals surface area contributed by atoms with Gasteiger partial charge in [-0.25, -0.2) is 9.97 Å². The van der Waals surface area contributed by atoms with E-state index in [0.717, 1.165) is 48.4 Å². The van der Waals surface area contributed by atoms with Gasteiger partial charge in [-0.2, -0.15) is 0 Å². The Labute approximate surface area is 214 Å². The van der Waals surface area contributed by atoms with Gasteiger partial charge in [0, 0.05) is 39.0 Å². The molecule has 1 amide bonds. The van der Waals surface area contributed by atoms with Gasteiger partial charge in [-0.1, -0.05) is 20.3 Å². The first-order valence-corrected chi connectivity index (χ1v) is 12.8. The summed E-state index contributed by atoms with van der Waals surface area (Å²) >= 11 is 0. The van der Waals surface area contributed by atoms with Crippen LogP contribution < -0.4 is 20.7 Å². The molecule has 0 bridgehead atoms. The minimum atomic E-state index is 0.0133. The van der Waals surface area contributed by atoms with E-state index in [-0.39, 0.29) is 18.1 Å². The van der Waals surface area contributed by atoms with Gasteiger partial charge in [0.25, 0.3) is 0 Å². The zero-order valence-corrected chi connectivity index (χ0v) is 22.1. The van der Waals surface area contributed by atoms with Crippen molar-refractivity contribution >= 4 is 28.7 Å². The number of unbranched alkanes of at least 4 members (excludes halogenated alkanes) is 1. The number of rotatable bonds is 12. The molecule has 0 radical (unpaired) electrons. The number of hydrogen-bond acceptors (Lipinski definition) is 8. The van der Waals surface area contributed by atoms with Gasteiger partial charge in [-0.05, 0) is 50.0 Å². The largest absolute Gasteiger partial charge is 0.464 e. The van der Waals surface area contributed by atoms with E-state index >= 15 is 0 Å². The molecule has 1 aromatic heterocycles. The van der Waals surface area contributed by atoms with E-state index in [9.17, 15) is 4.79 Å². The molecule has 9 heteroatoms. The Balaban J connectivity index is 1.89. The molecule has 3 rings (SSSR count). The summed E-state index contributed by atoms with van der Waals surface area (Å²) in [5, 5.41) is 10.1. The first kappa shape index (κ1) is 27.3. The number of carbonyl (C=O) groups excluding carboxylic acids is 1. The Morgan fingerprint density at radius 1 is 1.17 bits per heavy atom. The fourth-order valence-electron chi connectivity index (χ4n) is 4.14. The van der Waals surface area contributed by atoms with E-state index in [1.165, 1.54) is 5.57 Å². The third-order valence-corrected chi connectivity index (χ3v) is 5.85. The lowest BCUT2D eigenvalue weighted by molar-refractivity contribution is -0.116. The van der Waals surface area contributed by atoms with Crippen LogP contribution in [0.1, 0.15) is 52.9 Å². The highest BCUT2D eigenvalue weighted by molar-refractivity contribution is 5.92. The summed E-state index contributed by atoms with van der Waals surface area (Å²) in [7, 11) is 4.06. The van der Waals surface area contributed by atoms with E-state index in [4.69, 9.17) is 9.47 Å². The highest BCUT2D eigenvalue weighted by atomic mass is 16.5. The lowest BCUT2D eigenvalue weighted by Crippen LogP contribution is -2.37. The zero-order chi connectivity index (χ0) is 25.9. The molecule has 0 unspecified atom stereocenters. The van der Waals surface area contributed by atoms with Crippen LogP contribution in [0.3, 0.4) is 0 Å². The number of nitrogens with zero attached hydrogens (tertiary/aromatic N) is 3. The maximum Gasteiger partial charge on any atom is 0.316 e. The second kappa shape index (κ2) is 13.7. The summed E-state index contributed by atoms with van der Waals surface area (Å²) < 4.78 is 11.4. The number of nitrogens with one attached hydrogen (secondary N) is 3. The number of hydrogen-bond donors (Lipinski definition) is 3. The SMILES string of the molecule is CCCCC(=O)Nc1ccc(N[C@@H]2CCO[C@H](CC)/C2=C\N(C)C)c(Nc2cnc(OCC)nc2)c1. The average molecular weight is 497 g/mol. The van der Waals surface area contributed by atoms with E-state index in [2.05, 4.69) is 50.9 Å². The lowest BCUT2D eigenvalue weighted by atomic mass is 9.94. The van der Waals surface area contributed by atoms with Crippen LogP contribution in [0.5, 0.6) is 6.01 Å². The normalized spacial score (nSPS) is 18.5. The molecule has 9 nitrogen and oxygen atoms in total. The Kier molecular flexibility index (Phi) is 10.4. The van der Waals surface area contributed by atoms with E-state index in [1.54, 1.807) is 12.4 Å². The third kappa shape index (κ3) is 7.84. The molecule has 1 aliphatic rings. The second-order valence-electron chi connectivity index (χ2n) is 9.07. The van der Waals surface area contributed by atoms with Crippen LogP contribution in [0, 0.1) is 0 Å². The van der Waals surface area contributed by atoms with Crippen molar-refractivity contribution in [2.75, 3.05) is 43.3 Å². The Morgan fingerprint density at radius 2 is 1.94 bits per heavy atom. The van der Waals surface area contributed by atoms with Crippen molar-refractivity contribution in [1.29, 1.82) is 0 Å². The lowest BCUT2D eigenvalue weighted by Gasteiger charge is -2.35. The van der Waals surface area contributed by atoms with Crippen molar-refractivity contribution in [3.63, 3.8) is 0 Å². The van der Waals surface area contributed by atoms with Crippen molar-refractivity contribution < 1.29 is 14.3 Å². The van der Waals surface area contributed by atoms with Crippen LogP contribution in [-0.4, -0.2) is 60.2 Å². The van der Waals surface area contributed by atoms with Crippen molar-refractivity contribution in [3.8, 4) is 6.01 Å². The molecular formula is C27H40N6O3. The summed E-state index contributed by atoms with van der Waals surface area (Å²) in [6.45, 7) is 7.32. The summed E-state index contributed by atoms with van der Waals surface area (Å²) in [4.78, 5) is 22.9. The molecule has 1 fully saturated rings. The van der Waals surface area contributed by atoms with Crippen molar-refractivity contribution in [2.45, 2.75) is 65.0 Å². The molecule has 36 heavy (non-hydrogen) atoms. The zero-order valence-electron chi connectivity index (χ0n) is 22.1.